The molecule has 200 valence electrons. The number of thioether (sulfide) groups is 1. The van der Waals surface area contributed by atoms with Gasteiger partial charge in [-0.2, -0.15) is 5.26 Å². The van der Waals surface area contributed by atoms with Crippen LogP contribution in [0.15, 0.2) is 40.0 Å². The van der Waals surface area contributed by atoms with E-state index in [0.717, 1.165) is 50.4 Å². The van der Waals surface area contributed by atoms with Crippen molar-refractivity contribution in [2.75, 3.05) is 42.5 Å². The maximum atomic E-state index is 13.5. The summed E-state index contributed by atoms with van der Waals surface area (Å²) in [5.74, 6) is 0.968. The number of benzene rings is 1. The number of pyridine rings is 1. The zero-order chi connectivity index (χ0) is 27.4. The first-order valence-electron chi connectivity index (χ1n) is 13.2. The highest BCUT2D eigenvalue weighted by molar-refractivity contribution is 8.26. The molecule has 0 spiro atoms. The molecule has 2 aliphatic rings. The summed E-state index contributed by atoms with van der Waals surface area (Å²) in [4.78, 5) is 33.6. The second-order valence-electron chi connectivity index (χ2n) is 10.2. The first-order valence-corrected chi connectivity index (χ1v) is 14.5. The van der Waals surface area contributed by atoms with Gasteiger partial charge in [-0.3, -0.25) is 19.1 Å². The topological polar surface area (TPSA) is 72.6 Å². The van der Waals surface area contributed by atoms with E-state index in [0.29, 0.717) is 27.9 Å². The Labute approximate surface area is 234 Å². The van der Waals surface area contributed by atoms with Crippen LogP contribution in [0.3, 0.4) is 0 Å². The van der Waals surface area contributed by atoms with E-state index in [1.807, 2.05) is 31.2 Å². The predicted molar refractivity (Wildman–Crippen MR) is 161 cm³/mol. The van der Waals surface area contributed by atoms with Gasteiger partial charge in [-0.15, -0.1) is 0 Å². The SMILES string of the molecule is CCCCn1c(N2CCN(c3ccccc3)CC2)c(C=C2SC(=S)N(CC(C)C)C2=O)c(C)c(C#N)c1=O. The molecule has 38 heavy (non-hydrogen) atoms. The minimum atomic E-state index is -0.261. The molecule has 2 fully saturated rings. The fourth-order valence-electron chi connectivity index (χ4n) is 4.98. The van der Waals surface area contributed by atoms with Crippen molar-refractivity contribution in [1.29, 1.82) is 5.26 Å². The van der Waals surface area contributed by atoms with E-state index in [1.54, 1.807) is 9.47 Å². The summed E-state index contributed by atoms with van der Waals surface area (Å²) in [6.45, 7) is 12.2. The van der Waals surface area contributed by atoms with E-state index >= 15 is 0 Å². The Morgan fingerprint density at radius 3 is 2.37 bits per heavy atom. The quantitative estimate of drug-likeness (QED) is 0.338. The zero-order valence-electron chi connectivity index (χ0n) is 22.6. The molecule has 2 saturated heterocycles. The van der Waals surface area contributed by atoms with Crippen LogP contribution in [0.4, 0.5) is 11.5 Å². The minimum Gasteiger partial charge on any atom is -0.368 e. The van der Waals surface area contributed by atoms with Crippen LogP contribution in [0.2, 0.25) is 0 Å². The third-order valence-electron chi connectivity index (χ3n) is 6.98. The first kappa shape index (κ1) is 27.9. The summed E-state index contributed by atoms with van der Waals surface area (Å²) in [6, 6.07) is 12.5. The van der Waals surface area contributed by atoms with Crippen LogP contribution < -0.4 is 15.4 Å². The van der Waals surface area contributed by atoms with Crippen LogP contribution in [-0.2, 0) is 11.3 Å². The highest BCUT2D eigenvalue weighted by Crippen LogP contribution is 2.36. The van der Waals surface area contributed by atoms with Gasteiger partial charge < -0.3 is 9.80 Å². The number of hydrogen-bond donors (Lipinski definition) is 0. The van der Waals surface area contributed by atoms with Gasteiger partial charge in [-0.25, -0.2) is 0 Å². The average Bonchev–Trinajstić information content (AvgIpc) is 3.17. The number of nitrogens with zero attached hydrogens (tertiary/aromatic N) is 5. The molecule has 2 aromatic rings. The third kappa shape index (κ3) is 5.67. The van der Waals surface area contributed by atoms with Crippen LogP contribution in [0, 0.1) is 24.2 Å². The van der Waals surface area contributed by atoms with Gasteiger partial charge in [0.25, 0.3) is 11.5 Å². The Morgan fingerprint density at radius 1 is 1.11 bits per heavy atom. The molecule has 9 heteroatoms. The lowest BCUT2D eigenvalue weighted by Gasteiger charge is -2.39. The summed E-state index contributed by atoms with van der Waals surface area (Å²) in [5, 5.41) is 9.93. The maximum absolute atomic E-state index is 13.5. The van der Waals surface area contributed by atoms with Crippen LogP contribution in [0.5, 0.6) is 0 Å². The number of anilines is 2. The van der Waals surface area contributed by atoms with E-state index in [2.05, 4.69) is 48.8 Å². The van der Waals surface area contributed by atoms with Gasteiger partial charge in [0, 0.05) is 50.5 Å². The fourth-order valence-corrected chi connectivity index (χ4v) is 6.23. The second kappa shape index (κ2) is 12.2. The Morgan fingerprint density at radius 2 is 1.76 bits per heavy atom. The van der Waals surface area contributed by atoms with Crippen LogP contribution in [0.25, 0.3) is 6.08 Å². The average molecular weight is 550 g/mol. The molecule has 2 aliphatic heterocycles. The Kier molecular flexibility index (Phi) is 8.95. The van der Waals surface area contributed by atoms with Gasteiger partial charge in [-0.05, 0) is 43.0 Å². The number of unbranched alkanes of at least 4 members (excludes halogenated alkanes) is 1. The molecule has 0 saturated carbocycles. The molecular formula is C29H35N5O2S2. The number of para-hydroxylation sites is 1. The van der Waals surface area contributed by atoms with Crippen molar-refractivity contribution >= 4 is 51.8 Å². The molecule has 1 aromatic carbocycles. The Balaban J connectivity index is 1.80. The summed E-state index contributed by atoms with van der Waals surface area (Å²) in [6.07, 6.45) is 3.60. The lowest BCUT2D eigenvalue weighted by atomic mass is 10.0. The molecule has 1 aromatic heterocycles. The van der Waals surface area contributed by atoms with Crippen molar-refractivity contribution in [2.45, 2.75) is 47.1 Å². The zero-order valence-corrected chi connectivity index (χ0v) is 24.2. The van der Waals surface area contributed by atoms with Gasteiger partial charge in [0.1, 0.15) is 21.8 Å². The molecular weight excluding hydrogens is 514 g/mol. The van der Waals surface area contributed by atoms with Gasteiger partial charge in [-0.1, -0.05) is 69.4 Å². The number of carbonyl (C=O) groups is 1. The number of hydrogen-bond acceptors (Lipinski definition) is 7. The summed E-state index contributed by atoms with van der Waals surface area (Å²) < 4.78 is 2.30. The summed E-state index contributed by atoms with van der Waals surface area (Å²) in [5.41, 5.74) is 2.43. The number of nitriles is 1. The number of piperazine rings is 1. The predicted octanol–water partition coefficient (Wildman–Crippen LogP) is 5.01. The molecule has 0 aliphatic carbocycles. The van der Waals surface area contributed by atoms with E-state index in [1.165, 1.54) is 17.4 Å². The van der Waals surface area contributed by atoms with Gasteiger partial charge in [0.05, 0.1) is 4.91 Å². The minimum absolute atomic E-state index is 0.113. The normalized spacial score (nSPS) is 17.2. The number of aromatic nitrogens is 1. The standard InChI is InChI=1S/C29H35N5O2S2/c1-5-6-12-33-26(32-15-13-31(14-16-32)22-10-8-7-9-11-22)23(21(4)24(18-30)27(33)35)17-25-28(36)34(19-20(2)3)29(37)38-25/h7-11,17,20H,5-6,12-16,19H2,1-4H3. The molecule has 3 heterocycles. The first-order chi connectivity index (χ1) is 18.3. The lowest BCUT2D eigenvalue weighted by molar-refractivity contribution is -0.122. The number of amides is 1. The maximum Gasteiger partial charge on any atom is 0.270 e. The Bertz CT molecular complexity index is 1340. The molecule has 7 nitrogen and oxygen atoms in total. The lowest BCUT2D eigenvalue weighted by Crippen LogP contribution is -2.48. The molecule has 0 bridgehead atoms. The third-order valence-corrected chi connectivity index (χ3v) is 8.36. The number of thiocarbonyl (C=S) groups is 1. The van der Waals surface area contributed by atoms with E-state index < -0.39 is 0 Å². The molecule has 1 amide bonds. The summed E-state index contributed by atoms with van der Waals surface area (Å²) >= 11 is 6.83. The van der Waals surface area contributed by atoms with Crippen molar-refractivity contribution in [1.82, 2.24) is 9.47 Å². The van der Waals surface area contributed by atoms with E-state index in [4.69, 9.17) is 12.2 Å². The largest absolute Gasteiger partial charge is 0.368 e. The summed E-state index contributed by atoms with van der Waals surface area (Å²) in [7, 11) is 0. The van der Waals surface area contributed by atoms with Gasteiger partial charge in [0.2, 0.25) is 0 Å². The monoisotopic (exact) mass is 549 g/mol. The van der Waals surface area contributed by atoms with E-state index in [-0.39, 0.29) is 22.9 Å². The highest BCUT2D eigenvalue weighted by atomic mass is 32.2. The molecule has 4 rings (SSSR count). The van der Waals surface area contributed by atoms with Gasteiger partial charge in [0.15, 0.2) is 0 Å². The van der Waals surface area contributed by atoms with Crippen LogP contribution >= 0.6 is 24.0 Å². The smallest absolute Gasteiger partial charge is 0.270 e. The molecule has 0 unspecified atom stereocenters. The Hall–Kier alpha value is -3.09. The highest BCUT2D eigenvalue weighted by Gasteiger charge is 2.34. The molecule has 0 atom stereocenters. The van der Waals surface area contributed by atoms with Crippen LogP contribution in [0.1, 0.15) is 50.3 Å². The molecule has 0 radical (unpaired) electrons. The van der Waals surface area contributed by atoms with E-state index in [9.17, 15) is 14.9 Å². The number of carbonyl (C=O) groups excluding carboxylic acids is 1. The van der Waals surface area contributed by atoms with Crippen LogP contribution in [-0.4, -0.2) is 52.4 Å². The van der Waals surface area contributed by atoms with Crippen molar-refractivity contribution in [2.24, 2.45) is 5.92 Å². The van der Waals surface area contributed by atoms with Crippen molar-refractivity contribution in [3.8, 4) is 6.07 Å². The van der Waals surface area contributed by atoms with Gasteiger partial charge >= 0.3 is 0 Å². The number of rotatable bonds is 8. The van der Waals surface area contributed by atoms with Crippen molar-refractivity contribution in [3.63, 3.8) is 0 Å². The molecule has 0 N–H and O–H groups in total. The fraction of sp³-hybridized carbons (Fsp3) is 0.448. The second-order valence-corrected chi connectivity index (χ2v) is 11.8. The van der Waals surface area contributed by atoms with Crippen molar-refractivity contribution < 1.29 is 4.79 Å². The van der Waals surface area contributed by atoms with Crippen molar-refractivity contribution in [3.05, 3.63) is 62.3 Å².